The predicted molar refractivity (Wildman–Crippen MR) is 114 cm³/mol. The van der Waals surface area contributed by atoms with Gasteiger partial charge in [0.1, 0.15) is 5.75 Å². The quantitative estimate of drug-likeness (QED) is 0.513. The maximum absolute atomic E-state index is 12.8. The van der Waals surface area contributed by atoms with E-state index in [1.54, 1.807) is 43.5 Å². The van der Waals surface area contributed by atoms with E-state index in [2.05, 4.69) is 15.5 Å². The molecule has 1 heterocycles. The number of nitrogens with zero attached hydrogens (tertiary/aromatic N) is 2. The molecule has 0 atom stereocenters. The first kappa shape index (κ1) is 21.9. The summed E-state index contributed by atoms with van der Waals surface area (Å²) >= 11 is 0. The van der Waals surface area contributed by atoms with Crippen LogP contribution in [0.5, 0.6) is 23.0 Å². The van der Waals surface area contributed by atoms with Crippen LogP contribution in [0.2, 0.25) is 0 Å². The zero-order valence-electron chi connectivity index (χ0n) is 17.9. The second-order valence-corrected chi connectivity index (χ2v) is 6.20. The first-order chi connectivity index (χ1) is 15.1. The molecule has 164 valence electrons. The highest BCUT2D eigenvalue weighted by atomic mass is 16.5. The Labute approximate surface area is 180 Å². The third kappa shape index (κ3) is 5.25. The molecule has 9 heteroatoms. The summed E-state index contributed by atoms with van der Waals surface area (Å²) in [7, 11) is 1.57. The number of anilines is 1. The number of carbonyl (C=O) groups excluding carboxylic acids is 1. The van der Waals surface area contributed by atoms with E-state index in [1.807, 2.05) is 20.8 Å². The largest absolute Gasteiger partial charge is 0.497 e. The maximum atomic E-state index is 12.8. The first-order valence-electron chi connectivity index (χ1n) is 9.95. The van der Waals surface area contributed by atoms with Crippen molar-refractivity contribution in [3.05, 3.63) is 42.0 Å². The standard InChI is InChI=1S/C22H25N3O6/c1-5-28-17-12-15(13-18(29-6-2)19(17)30-7-3)20(26)23-22-25-24-21(31-22)14-9-8-10-16(11-14)27-4/h8-13H,5-7H2,1-4H3,(H,23,25,26). The fourth-order valence-corrected chi connectivity index (χ4v) is 2.84. The number of rotatable bonds is 10. The number of ether oxygens (including phenoxy) is 4. The molecule has 0 aliphatic carbocycles. The van der Waals surface area contributed by atoms with Gasteiger partial charge < -0.3 is 23.4 Å². The van der Waals surface area contributed by atoms with Crippen LogP contribution >= 0.6 is 0 Å². The molecule has 1 N–H and O–H groups in total. The highest BCUT2D eigenvalue weighted by Crippen LogP contribution is 2.39. The summed E-state index contributed by atoms with van der Waals surface area (Å²) < 4.78 is 27.8. The van der Waals surface area contributed by atoms with Crippen molar-refractivity contribution < 1.29 is 28.2 Å². The number of methoxy groups -OCH3 is 1. The van der Waals surface area contributed by atoms with Crippen LogP contribution in [0.4, 0.5) is 6.01 Å². The molecule has 0 aliphatic rings. The van der Waals surface area contributed by atoms with E-state index in [-0.39, 0.29) is 11.9 Å². The topological polar surface area (TPSA) is 105 Å². The van der Waals surface area contributed by atoms with Crippen molar-refractivity contribution in [3.8, 4) is 34.5 Å². The van der Waals surface area contributed by atoms with E-state index in [0.29, 0.717) is 53.9 Å². The van der Waals surface area contributed by atoms with Gasteiger partial charge in [-0.3, -0.25) is 10.1 Å². The van der Waals surface area contributed by atoms with E-state index < -0.39 is 5.91 Å². The molecule has 0 saturated carbocycles. The Morgan fingerprint density at radius 3 is 2.26 bits per heavy atom. The summed E-state index contributed by atoms with van der Waals surface area (Å²) in [5, 5.41) is 10.5. The van der Waals surface area contributed by atoms with Gasteiger partial charge in [-0.05, 0) is 51.1 Å². The van der Waals surface area contributed by atoms with Gasteiger partial charge in [-0.2, -0.15) is 0 Å². The summed E-state index contributed by atoms with van der Waals surface area (Å²) in [6, 6.07) is 10.3. The van der Waals surface area contributed by atoms with Gasteiger partial charge in [-0.1, -0.05) is 11.2 Å². The number of aromatic nitrogens is 2. The zero-order chi connectivity index (χ0) is 22.2. The maximum Gasteiger partial charge on any atom is 0.322 e. The molecule has 1 aromatic heterocycles. The fourth-order valence-electron chi connectivity index (χ4n) is 2.84. The van der Waals surface area contributed by atoms with Gasteiger partial charge in [0.25, 0.3) is 5.91 Å². The molecule has 0 aliphatic heterocycles. The summed E-state index contributed by atoms with van der Waals surface area (Å²) in [6.07, 6.45) is 0. The van der Waals surface area contributed by atoms with Crippen LogP contribution in [0.1, 0.15) is 31.1 Å². The van der Waals surface area contributed by atoms with Crippen LogP contribution in [-0.4, -0.2) is 43.0 Å². The van der Waals surface area contributed by atoms with Crippen LogP contribution in [0.25, 0.3) is 11.5 Å². The van der Waals surface area contributed by atoms with Crippen molar-refractivity contribution in [1.29, 1.82) is 0 Å². The van der Waals surface area contributed by atoms with Crippen LogP contribution in [0.3, 0.4) is 0 Å². The molecular weight excluding hydrogens is 402 g/mol. The highest BCUT2D eigenvalue weighted by molar-refractivity contribution is 6.04. The molecule has 0 radical (unpaired) electrons. The van der Waals surface area contributed by atoms with Crippen molar-refractivity contribution in [2.75, 3.05) is 32.2 Å². The normalized spacial score (nSPS) is 10.5. The second-order valence-electron chi connectivity index (χ2n) is 6.20. The third-order valence-corrected chi connectivity index (χ3v) is 4.13. The Morgan fingerprint density at radius 2 is 1.65 bits per heavy atom. The van der Waals surface area contributed by atoms with Gasteiger partial charge in [0, 0.05) is 11.1 Å². The molecule has 0 bridgehead atoms. The molecule has 0 unspecified atom stereocenters. The second kappa shape index (κ2) is 10.3. The highest BCUT2D eigenvalue weighted by Gasteiger charge is 2.20. The monoisotopic (exact) mass is 427 g/mol. The number of amides is 1. The summed E-state index contributed by atoms with van der Waals surface area (Å²) in [5.41, 5.74) is 0.974. The molecular formula is C22H25N3O6. The molecule has 3 rings (SSSR count). The van der Waals surface area contributed by atoms with Gasteiger partial charge >= 0.3 is 6.01 Å². The Kier molecular flexibility index (Phi) is 7.31. The molecule has 9 nitrogen and oxygen atoms in total. The molecule has 1 amide bonds. The van der Waals surface area contributed by atoms with Gasteiger partial charge in [0.05, 0.1) is 26.9 Å². The Morgan fingerprint density at radius 1 is 0.968 bits per heavy atom. The summed E-state index contributed by atoms with van der Waals surface area (Å²) in [6.45, 7) is 6.81. The van der Waals surface area contributed by atoms with Gasteiger partial charge in [0.15, 0.2) is 11.5 Å². The van der Waals surface area contributed by atoms with Crippen molar-refractivity contribution in [2.24, 2.45) is 0 Å². The Hall–Kier alpha value is -3.75. The number of hydrogen-bond acceptors (Lipinski definition) is 8. The van der Waals surface area contributed by atoms with Crippen molar-refractivity contribution in [1.82, 2.24) is 10.2 Å². The lowest BCUT2D eigenvalue weighted by molar-refractivity contribution is 0.102. The molecule has 0 saturated heterocycles. The minimum atomic E-state index is -0.453. The Balaban J connectivity index is 1.85. The SMILES string of the molecule is CCOc1cc(C(=O)Nc2nnc(-c3cccc(OC)c3)o2)cc(OCC)c1OCC. The Bertz CT molecular complexity index is 1010. The average molecular weight is 427 g/mol. The molecule has 0 spiro atoms. The van der Waals surface area contributed by atoms with Crippen LogP contribution in [0.15, 0.2) is 40.8 Å². The number of nitrogens with one attached hydrogen (secondary N) is 1. The molecule has 0 fully saturated rings. The lowest BCUT2D eigenvalue weighted by Crippen LogP contribution is -2.13. The van der Waals surface area contributed by atoms with E-state index in [0.717, 1.165) is 0 Å². The van der Waals surface area contributed by atoms with Gasteiger partial charge in [0.2, 0.25) is 11.6 Å². The van der Waals surface area contributed by atoms with Crippen LogP contribution in [0, 0.1) is 0 Å². The zero-order valence-corrected chi connectivity index (χ0v) is 17.9. The minimum Gasteiger partial charge on any atom is -0.497 e. The van der Waals surface area contributed by atoms with E-state index in [1.165, 1.54) is 0 Å². The predicted octanol–water partition coefficient (Wildman–Crippen LogP) is 4.19. The molecule has 2 aromatic carbocycles. The smallest absolute Gasteiger partial charge is 0.322 e. The molecule has 3 aromatic rings. The third-order valence-electron chi connectivity index (χ3n) is 4.13. The number of carbonyl (C=O) groups is 1. The number of hydrogen-bond donors (Lipinski definition) is 1. The summed E-state index contributed by atoms with van der Waals surface area (Å²) in [5.74, 6) is 1.76. The summed E-state index contributed by atoms with van der Waals surface area (Å²) in [4.78, 5) is 12.8. The van der Waals surface area contributed by atoms with Crippen LogP contribution < -0.4 is 24.3 Å². The van der Waals surface area contributed by atoms with E-state index in [4.69, 9.17) is 23.4 Å². The molecule has 31 heavy (non-hydrogen) atoms. The minimum absolute atomic E-state index is 0.0346. The van der Waals surface area contributed by atoms with Crippen LogP contribution in [-0.2, 0) is 0 Å². The van der Waals surface area contributed by atoms with E-state index >= 15 is 0 Å². The van der Waals surface area contributed by atoms with Crippen molar-refractivity contribution in [3.63, 3.8) is 0 Å². The van der Waals surface area contributed by atoms with Gasteiger partial charge in [-0.15, -0.1) is 5.10 Å². The lowest BCUT2D eigenvalue weighted by Gasteiger charge is -2.16. The van der Waals surface area contributed by atoms with Crippen molar-refractivity contribution >= 4 is 11.9 Å². The fraction of sp³-hybridized carbons (Fsp3) is 0.318. The number of benzene rings is 2. The van der Waals surface area contributed by atoms with Crippen molar-refractivity contribution in [2.45, 2.75) is 20.8 Å². The lowest BCUT2D eigenvalue weighted by atomic mass is 10.1. The average Bonchev–Trinajstić information content (AvgIpc) is 3.24. The van der Waals surface area contributed by atoms with Gasteiger partial charge in [-0.25, -0.2) is 0 Å². The van der Waals surface area contributed by atoms with E-state index in [9.17, 15) is 4.79 Å². The first-order valence-corrected chi connectivity index (χ1v) is 9.95.